The van der Waals surface area contributed by atoms with Crippen LogP contribution in [0, 0.1) is 11.3 Å². The number of rotatable bonds is 4. The highest BCUT2D eigenvalue weighted by atomic mass is 16.5. The molecule has 0 saturated heterocycles. The Labute approximate surface area is 97.8 Å². The smallest absolute Gasteiger partial charge is 0.142 e. The number of ether oxygens (including phenoxy) is 1. The van der Waals surface area contributed by atoms with Crippen molar-refractivity contribution in [2.24, 2.45) is 0 Å². The predicted octanol–water partition coefficient (Wildman–Crippen LogP) is 2.55. The fourth-order valence-corrected chi connectivity index (χ4v) is 1.29. The summed E-state index contributed by atoms with van der Waals surface area (Å²) in [5.41, 5.74) is 1.65. The van der Waals surface area contributed by atoms with Crippen molar-refractivity contribution in [3.63, 3.8) is 0 Å². The van der Waals surface area contributed by atoms with E-state index < -0.39 is 0 Å². The van der Waals surface area contributed by atoms with Gasteiger partial charge in [0.1, 0.15) is 11.8 Å². The van der Waals surface area contributed by atoms with Gasteiger partial charge < -0.3 is 4.74 Å². The predicted molar refractivity (Wildman–Crippen MR) is 64.3 cm³/mol. The van der Waals surface area contributed by atoms with Crippen molar-refractivity contribution in [2.45, 2.75) is 40.2 Å². The van der Waals surface area contributed by atoms with Gasteiger partial charge in [0.2, 0.25) is 0 Å². The maximum atomic E-state index is 8.98. The molecule has 0 atom stereocenters. The van der Waals surface area contributed by atoms with Gasteiger partial charge in [0, 0.05) is 12.7 Å². The molecule has 4 heteroatoms. The Balaban J connectivity index is 0.00000106. The lowest BCUT2D eigenvalue weighted by molar-refractivity contribution is 0.183. The lowest BCUT2D eigenvalue weighted by Crippen LogP contribution is -2.08. The molecule has 0 bridgehead atoms. The van der Waals surface area contributed by atoms with Crippen LogP contribution in [0.2, 0.25) is 0 Å². The van der Waals surface area contributed by atoms with Crippen molar-refractivity contribution < 1.29 is 4.74 Å². The van der Waals surface area contributed by atoms with E-state index in [0.717, 1.165) is 5.56 Å². The maximum absolute atomic E-state index is 8.98. The molecule has 0 amide bonds. The Bertz CT molecular complexity index is 337. The summed E-state index contributed by atoms with van der Waals surface area (Å²) in [7, 11) is 1.64. The first-order valence-electron chi connectivity index (χ1n) is 5.65. The molecule has 0 aliphatic heterocycles. The van der Waals surface area contributed by atoms with Gasteiger partial charge in [-0.3, -0.25) is 4.68 Å². The van der Waals surface area contributed by atoms with E-state index >= 15 is 0 Å². The Kier molecular flexibility index (Phi) is 7.23. The van der Waals surface area contributed by atoms with Gasteiger partial charge in [0.05, 0.1) is 19.3 Å². The van der Waals surface area contributed by atoms with Crippen LogP contribution in [-0.2, 0) is 11.3 Å². The minimum atomic E-state index is 0.334. The number of nitriles is 1. The number of nitrogens with zero attached hydrogens (tertiary/aromatic N) is 3. The summed E-state index contributed by atoms with van der Waals surface area (Å²) < 4.78 is 6.64. The van der Waals surface area contributed by atoms with Crippen LogP contribution in [-0.4, -0.2) is 23.5 Å². The summed E-state index contributed by atoms with van der Waals surface area (Å²) in [6.07, 6.45) is 1.76. The first-order chi connectivity index (χ1) is 7.70. The highest BCUT2D eigenvalue weighted by Crippen LogP contribution is 2.17. The molecule has 0 unspecified atom stereocenters. The van der Waals surface area contributed by atoms with Crippen LogP contribution >= 0.6 is 0 Å². The number of methoxy groups -OCH3 is 1. The molecule has 0 aliphatic rings. The fraction of sp³-hybridized carbons (Fsp3) is 0.667. The summed E-state index contributed by atoms with van der Waals surface area (Å²) in [5.74, 6) is 0.334. The molecule has 0 radical (unpaired) electrons. The van der Waals surface area contributed by atoms with Gasteiger partial charge in [-0.1, -0.05) is 27.7 Å². The molecule has 1 aromatic heterocycles. The van der Waals surface area contributed by atoms with E-state index in [1.54, 1.807) is 18.0 Å². The number of hydrogen-bond acceptors (Lipinski definition) is 3. The zero-order chi connectivity index (χ0) is 12.6. The molecule has 0 N–H and O–H groups in total. The molecule has 1 heterocycles. The average molecular weight is 223 g/mol. The van der Waals surface area contributed by atoms with Gasteiger partial charge in [-0.2, -0.15) is 10.4 Å². The van der Waals surface area contributed by atoms with Gasteiger partial charge in [-0.05, 0) is 5.92 Å². The highest BCUT2D eigenvalue weighted by molar-refractivity contribution is 5.32. The van der Waals surface area contributed by atoms with Crippen molar-refractivity contribution >= 4 is 0 Å². The molecule has 0 aliphatic carbocycles. The Morgan fingerprint density at radius 2 is 2.12 bits per heavy atom. The monoisotopic (exact) mass is 223 g/mol. The van der Waals surface area contributed by atoms with E-state index in [9.17, 15) is 0 Å². The van der Waals surface area contributed by atoms with Crippen LogP contribution in [0.4, 0.5) is 0 Å². The van der Waals surface area contributed by atoms with E-state index in [1.807, 2.05) is 13.8 Å². The third-order valence-corrected chi connectivity index (χ3v) is 2.10. The minimum Gasteiger partial charge on any atom is -0.383 e. The third-order valence-electron chi connectivity index (χ3n) is 2.10. The van der Waals surface area contributed by atoms with Gasteiger partial charge in [-0.25, -0.2) is 0 Å². The summed E-state index contributed by atoms with van der Waals surface area (Å²) in [6.45, 7) is 9.32. The molecule has 0 fully saturated rings. The van der Waals surface area contributed by atoms with Gasteiger partial charge in [0.15, 0.2) is 0 Å². The summed E-state index contributed by atoms with van der Waals surface area (Å²) in [4.78, 5) is 0. The van der Waals surface area contributed by atoms with Crippen molar-refractivity contribution in [3.8, 4) is 6.07 Å². The van der Waals surface area contributed by atoms with E-state index in [1.165, 1.54) is 0 Å². The molecule has 1 rings (SSSR count). The summed E-state index contributed by atoms with van der Waals surface area (Å²) in [6, 6.07) is 2.18. The Hall–Kier alpha value is -1.34. The van der Waals surface area contributed by atoms with Crippen LogP contribution in [0.3, 0.4) is 0 Å². The van der Waals surface area contributed by atoms with Crippen LogP contribution < -0.4 is 0 Å². The second-order valence-electron chi connectivity index (χ2n) is 3.43. The van der Waals surface area contributed by atoms with Crippen LogP contribution in [0.5, 0.6) is 0 Å². The van der Waals surface area contributed by atoms with E-state index in [0.29, 0.717) is 24.8 Å². The molecule has 90 valence electrons. The van der Waals surface area contributed by atoms with Gasteiger partial charge in [0.25, 0.3) is 0 Å². The van der Waals surface area contributed by atoms with E-state index in [2.05, 4.69) is 25.0 Å². The average Bonchev–Trinajstić information content (AvgIpc) is 2.71. The Morgan fingerprint density at radius 1 is 1.50 bits per heavy atom. The summed E-state index contributed by atoms with van der Waals surface area (Å²) in [5, 5.41) is 13.1. The largest absolute Gasteiger partial charge is 0.383 e. The maximum Gasteiger partial charge on any atom is 0.142 e. The van der Waals surface area contributed by atoms with E-state index in [-0.39, 0.29) is 0 Å². The first-order valence-corrected chi connectivity index (χ1v) is 5.65. The van der Waals surface area contributed by atoms with Crippen molar-refractivity contribution in [1.82, 2.24) is 9.78 Å². The summed E-state index contributed by atoms with van der Waals surface area (Å²) >= 11 is 0. The Morgan fingerprint density at radius 3 is 2.56 bits per heavy atom. The zero-order valence-electron chi connectivity index (χ0n) is 10.8. The molecule has 0 spiro atoms. The quantitative estimate of drug-likeness (QED) is 0.788. The number of aromatic nitrogens is 2. The van der Waals surface area contributed by atoms with Crippen LogP contribution in [0.15, 0.2) is 6.20 Å². The molecular weight excluding hydrogens is 202 g/mol. The molecule has 1 aromatic rings. The SMILES string of the molecule is CC.COCCn1ncc(C(C)C)c1C#N. The standard InChI is InChI=1S/C10H15N3O.C2H6/c1-8(2)9-7-12-13(4-5-14-3)10(9)6-11;1-2/h7-8H,4-5H2,1-3H3;1-2H3. The van der Waals surface area contributed by atoms with Gasteiger partial charge in [-0.15, -0.1) is 0 Å². The van der Waals surface area contributed by atoms with Crippen molar-refractivity contribution in [3.05, 3.63) is 17.5 Å². The molecule has 0 aromatic carbocycles. The third kappa shape index (κ3) is 3.67. The number of hydrogen-bond donors (Lipinski definition) is 0. The van der Waals surface area contributed by atoms with Crippen molar-refractivity contribution in [2.75, 3.05) is 13.7 Å². The van der Waals surface area contributed by atoms with Crippen LogP contribution in [0.1, 0.15) is 44.9 Å². The fourth-order valence-electron chi connectivity index (χ4n) is 1.29. The topological polar surface area (TPSA) is 50.8 Å². The zero-order valence-corrected chi connectivity index (χ0v) is 10.8. The second-order valence-corrected chi connectivity index (χ2v) is 3.43. The second kappa shape index (κ2) is 7.89. The van der Waals surface area contributed by atoms with E-state index in [4.69, 9.17) is 10.00 Å². The molecule has 16 heavy (non-hydrogen) atoms. The molecule has 0 saturated carbocycles. The highest BCUT2D eigenvalue weighted by Gasteiger charge is 2.12. The lowest BCUT2D eigenvalue weighted by Gasteiger charge is -2.04. The molecule has 4 nitrogen and oxygen atoms in total. The first kappa shape index (κ1) is 14.7. The van der Waals surface area contributed by atoms with Crippen molar-refractivity contribution in [1.29, 1.82) is 5.26 Å². The normalized spacial score (nSPS) is 9.56. The lowest BCUT2D eigenvalue weighted by atomic mass is 10.1. The van der Waals surface area contributed by atoms with Gasteiger partial charge >= 0.3 is 0 Å². The minimum absolute atomic E-state index is 0.334. The molecular formula is C12H21N3O. The van der Waals surface area contributed by atoms with Crippen LogP contribution in [0.25, 0.3) is 0 Å².